The van der Waals surface area contributed by atoms with Crippen LogP contribution in [0.5, 0.6) is 0 Å². The molecule has 17 nitrogen and oxygen atoms in total. The Hall–Kier alpha value is -5.48. The van der Waals surface area contributed by atoms with Gasteiger partial charge in [0.2, 0.25) is 29.5 Å². The first kappa shape index (κ1) is 42.7. The number of ether oxygens (including phenoxy) is 1. The number of aromatic nitrogens is 2. The fourth-order valence-corrected chi connectivity index (χ4v) is 8.03. The highest BCUT2D eigenvalue weighted by atomic mass is 16.5. The third-order valence-electron chi connectivity index (χ3n) is 10.9. The van der Waals surface area contributed by atoms with Crippen molar-refractivity contribution in [2.75, 3.05) is 38.1 Å². The number of nitrogens with zero attached hydrogens (tertiary/aromatic N) is 5. The first-order chi connectivity index (χ1) is 27.3. The zero-order valence-electron chi connectivity index (χ0n) is 33.6. The molecule has 7 amide bonds. The van der Waals surface area contributed by atoms with Gasteiger partial charge in [-0.2, -0.15) is 5.10 Å². The molecule has 0 unspecified atom stereocenters. The fourth-order valence-electron chi connectivity index (χ4n) is 8.03. The van der Waals surface area contributed by atoms with E-state index in [1.807, 2.05) is 33.8 Å². The Morgan fingerprint density at radius 3 is 2.28 bits per heavy atom. The van der Waals surface area contributed by atoms with Gasteiger partial charge in [-0.1, -0.05) is 37.3 Å². The van der Waals surface area contributed by atoms with Crippen LogP contribution in [0, 0.1) is 12.8 Å². The number of carbonyl (C=O) groups excluding carboxylic acids is 7. The van der Waals surface area contributed by atoms with Crippen LogP contribution in [0.4, 0.5) is 10.6 Å². The number of carbonyl (C=O) groups is 7. The van der Waals surface area contributed by atoms with Crippen LogP contribution in [-0.4, -0.2) is 129 Å². The number of esters is 1. The van der Waals surface area contributed by atoms with Crippen molar-refractivity contribution in [1.29, 1.82) is 0 Å². The van der Waals surface area contributed by atoms with Crippen LogP contribution in [0.1, 0.15) is 77.5 Å². The highest BCUT2D eigenvalue weighted by Gasteiger charge is 2.44. The molecular weight excluding hydrogens is 734 g/mol. The number of hydrogen-bond donors (Lipinski definition) is 4. The number of anilines is 1. The van der Waals surface area contributed by atoms with Crippen molar-refractivity contribution in [3.8, 4) is 0 Å². The second-order valence-corrected chi connectivity index (χ2v) is 15.2. The number of amides is 7. The largest absolute Gasteiger partial charge is 0.461 e. The number of nitrogens with one attached hydrogen (secondary N) is 4. The van der Waals surface area contributed by atoms with Crippen LogP contribution in [-0.2, 0) is 46.5 Å². The molecule has 1 aromatic heterocycles. The van der Waals surface area contributed by atoms with Crippen molar-refractivity contribution >= 4 is 47.4 Å². The van der Waals surface area contributed by atoms with Crippen molar-refractivity contribution in [2.45, 2.75) is 116 Å². The summed E-state index contributed by atoms with van der Waals surface area (Å²) in [5, 5.41) is 15.3. The molecule has 57 heavy (non-hydrogen) atoms. The summed E-state index contributed by atoms with van der Waals surface area (Å²) in [6.07, 6.45) is 3.30. The lowest BCUT2D eigenvalue weighted by atomic mass is 9.99. The van der Waals surface area contributed by atoms with E-state index in [0.29, 0.717) is 57.7 Å². The maximum atomic E-state index is 14.6. The van der Waals surface area contributed by atoms with E-state index >= 15 is 0 Å². The van der Waals surface area contributed by atoms with E-state index in [1.165, 1.54) is 16.7 Å². The van der Waals surface area contributed by atoms with Crippen molar-refractivity contribution in [2.24, 2.45) is 5.92 Å². The van der Waals surface area contributed by atoms with Crippen LogP contribution < -0.4 is 21.3 Å². The normalized spacial score (nSPS) is 21.7. The van der Waals surface area contributed by atoms with Gasteiger partial charge in [0, 0.05) is 57.8 Å². The molecule has 0 bridgehead atoms. The van der Waals surface area contributed by atoms with Crippen molar-refractivity contribution < 1.29 is 38.3 Å². The standard InChI is InChI=1S/C40H57N9O8/c1-6-41-36(52)31-16-11-12-18-46(31)38(54)32-17-13-19-47(32)37(53)30(24-57-39(55)33-20-25(3)23-48(33)27(5)50)42-35(51)29(22-28-14-9-8-10-15-28)43-40(56)44-34-21-26(4)49(7-2)45-34/h8-10,14-15,21,25,29-33H,6-7,11-13,16-20,22-24H2,1-5H3,(H,41,52)(H,42,51)(H2,43,44,45,56)/t25-,29+,30+,31+,32+,33+/m1/s1. The molecule has 0 spiro atoms. The van der Waals surface area contributed by atoms with Crippen molar-refractivity contribution in [3.63, 3.8) is 0 Å². The molecule has 3 aliphatic heterocycles. The van der Waals surface area contributed by atoms with Crippen molar-refractivity contribution in [3.05, 3.63) is 47.7 Å². The van der Waals surface area contributed by atoms with E-state index in [2.05, 4.69) is 26.4 Å². The minimum Gasteiger partial charge on any atom is -0.461 e. The summed E-state index contributed by atoms with van der Waals surface area (Å²) >= 11 is 0. The molecule has 0 radical (unpaired) electrons. The van der Waals surface area contributed by atoms with Gasteiger partial charge in [0.05, 0.1) is 0 Å². The predicted molar refractivity (Wildman–Crippen MR) is 209 cm³/mol. The summed E-state index contributed by atoms with van der Waals surface area (Å²) < 4.78 is 7.43. The van der Waals surface area contributed by atoms with E-state index in [0.717, 1.165) is 24.1 Å². The lowest BCUT2D eigenvalue weighted by Gasteiger charge is -2.38. The van der Waals surface area contributed by atoms with Crippen LogP contribution in [0.25, 0.3) is 0 Å². The number of urea groups is 1. The third kappa shape index (κ3) is 10.7. The van der Waals surface area contributed by atoms with Gasteiger partial charge in [0.25, 0.3) is 0 Å². The van der Waals surface area contributed by atoms with Gasteiger partial charge in [-0.3, -0.25) is 34.0 Å². The smallest absolute Gasteiger partial charge is 0.328 e. The first-order valence-corrected chi connectivity index (χ1v) is 20.1. The van der Waals surface area contributed by atoms with Crippen LogP contribution in [0.3, 0.4) is 0 Å². The van der Waals surface area contributed by atoms with E-state index in [-0.39, 0.29) is 36.6 Å². The molecular formula is C40H57N9O8. The molecule has 3 saturated heterocycles. The highest BCUT2D eigenvalue weighted by Crippen LogP contribution is 2.27. The monoisotopic (exact) mass is 791 g/mol. The van der Waals surface area contributed by atoms with Crippen LogP contribution >= 0.6 is 0 Å². The Balaban J connectivity index is 1.39. The minimum atomic E-state index is -1.45. The highest BCUT2D eigenvalue weighted by molar-refractivity contribution is 5.97. The molecule has 310 valence electrons. The van der Waals surface area contributed by atoms with Gasteiger partial charge in [-0.15, -0.1) is 0 Å². The third-order valence-corrected chi connectivity index (χ3v) is 10.9. The lowest BCUT2D eigenvalue weighted by Crippen LogP contribution is -2.60. The van der Waals surface area contributed by atoms with Gasteiger partial charge in [0.1, 0.15) is 36.8 Å². The van der Waals surface area contributed by atoms with E-state index in [1.54, 1.807) is 39.9 Å². The van der Waals surface area contributed by atoms with E-state index < -0.39 is 60.6 Å². The zero-order chi connectivity index (χ0) is 41.2. The van der Waals surface area contributed by atoms with Crippen molar-refractivity contribution in [1.82, 2.24) is 40.4 Å². The summed E-state index contributed by atoms with van der Waals surface area (Å²) in [5.74, 6) is -2.62. The Morgan fingerprint density at radius 2 is 1.60 bits per heavy atom. The summed E-state index contributed by atoms with van der Waals surface area (Å²) in [5.41, 5.74) is 1.56. The average molecular weight is 792 g/mol. The molecule has 0 saturated carbocycles. The maximum absolute atomic E-state index is 14.6. The van der Waals surface area contributed by atoms with E-state index in [9.17, 15) is 33.6 Å². The molecule has 6 atom stereocenters. The molecule has 4 heterocycles. The summed E-state index contributed by atoms with van der Waals surface area (Å²) in [6, 6.07) is 4.96. The van der Waals surface area contributed by atoms with Gasteiger partial charge in [-0.05, 0) is 70.8 Å². The average Bonchev–Trinajstić information content (AvgIpc) is 3.94. The Labute approximate surface area is 333 Å². The second kappa shape index (κ2) is 19.6. The number of aryl methyl sites for hydroxylation is 2. The molecule has 3 aliphatic rings. The van der Waals surface area contributed by atoms with Crippen LogP contribution in [0.2, 0.25) is 0 Å². The molecule has 0 aliphatic carbocycles. The molecule has 5 rings (SSSR count). The minimum absolute atomic E-state index is 0.0496. The summed E-state index contributed by atoms with van der Waals surface area (Å²) in [6.45, 7) is 10.3. The van der Waals surface area contributed by atoms with Gasteiger partial charge in [0.15, 0.2) is 5.82 Å². The number of piperidine rings is 1. The molecule has 17 heteroatoms. The number of hydrogen-bond acceptors (Lipinski definition) is 9. The molecule has 2 aromatic rings. The number of rotatable bonds is 14. The molecule has 1 aromatic carbocycles. The SMILES string of the molecule is CCNC(=O)[C@@H]1CCCCN1C(=O)[C@@H]1CCCN1C(=O)[C@H](COC(=O)[C@@H]1C[C@@H](C)CN1C(C)=O)NC(=O)[C@H](Cc1ccccc1)NC(=O)Nc1cc(C)n(CC)n1. The fraction of sp³-hybridized carbons (Fsp3) is 0.600. The number of likely N-dealkylation sites (tertiary alicyclic amines) is 3. The summed E-state index contributed by atoms with van der Waals surface area (Å²) in [4.78, 5) is 99.5. The summed E-state index contributed by atoms with van der Waals surface area (Å²) in [7, 11) is 0. The quantitative estimate of drug-likeness (QED) is 0.206. The Kier molecular flexibility index (Phi) is 14.7. The molecule has 3 fully saturated rings. The number of likely N-dealkylation sites (N-methyl/N-ethyl adjacent to an activating group) is 1. The van der Waals surface area contributed by atoms with Crippen LogP contribution in [0.15, 0.2) is 36.4 Å². The Bertz CT molecular complexity index is 1780. The number of benzene rings is 1. The predicted octanol–water partition coefficient (Wildman–Crippen LogP) is 1.74. The van der Waals surface area contributed by atoms with Gasteiger partial charge in [-0.25, -0.2) is 9.59 Å². The first-order valence-electron chi connectivity index (χ1n) is 20.1. The topological polar surface area (TPSA) is 204 Å². The zero-order valence-corrected chi connectivity index (χ0v) is 33.6. The van der Waals surface area contributed by atoms with E-state index in [4.69, 9.17) is 4.74 Å². The molecule has 4 N–H and O–H groups in total. The maximum Gasteiger partial charge on any atom is 0.328 e. The van der Waals surface area contributed by atoms with Gasteiger partial charge < -0.3 is 35.4 Å². The second-order valence-electron chi connectivity index (χ2n) is 15.2. The lowest BCUT2D eigenvalue weighted by molar-refractivity contribution is -0.157. The van der Waals surface area contributed by atoms with Gasteiger partial charge >= 0.3 is 12.0 Å². The Morgan fingerprint density at radius 1 is 0.877 bits per heavy atom.